The number of fused-ring (bicyclic) bond motifs is 1. The first-order chi connectivity index (χ1) is 15.1. The minimum Gasteiger partial charge on any atom is -0.305 e. The van der Waals surface area contributed by atoms with Crippen molar-refractivity contribution < 1.29 is 0 Å². The molecule has 4 aromatic heterocycles. The second-order valence-corrected chi connectivity index (χ2v) is 8.26. The van der Waals surface area contributed by atoms with E-state index >= 15 is 0 Å². The number of nitrogens with zero attached hydrogens (tertiary/aromatic N) is 7. The summed E-state index contributed by atoms with van der Waals surface area (Å²) >= 11 is 1.62. The summed E-state index contributed by atoms with van der Waals surface area (Å²) in [5.41, 5.74) is 5.62. The van der Waals surface area contributed by atoms with Crippen molar-refractivity contribution in [3.8, 4) is 17.1 Å². The Morgan fingerprint density at radius 1 is 0.968 bits per heavy atom. The maximum absolute atomic E-state index is 4.80. The predicted octanol–water partition coefficient (Wildman–Crippen LogP) is 4.52. The van der Waals surface area contributed by atoms with E-state index in [9.17, 15) is 0 Å². The SMILES string of the molecule is Cc1cc(-c2nnc(SCc3ccccn3)n2C)c2c(C)nn(-c3ccccc3)c2n1. The maximum Gasteiger partial charge on any atom is 0.191 e. The average molecular weight is 428 g/mol. The van der Waals surface area contributed by atoms with Gasteiger partial charge < -0.3 is 4.57 Å². The Morgan fingerprint density at radius 3 is 2.55 bits per heavy atom. The highest BCUT2D eigenvalue weighted by Gasteiger charge is 2.20. The Kier molecular flexibility index (Phi) is 4.99. The summed E-state index contributed by atoms with van der Waals surface area (Å²) < 4.78 is 3.93. The molecule has 0 atom stereocenters. The highest BCUT2D eigenvalue weighted by atomic mass is 32.2. The van der Waals surface area contributed by atoms with Gasteiger partial charge in [-0.3, -0.25) is 4.98 Å². The van der Waals surface area contributed by atoms with Gasteiger partial charge in [0.15, 0.2) is 16.6 Å². The number of hydrogen-bond acceptors (Lipinski definition) is 6. The van der Waals surface area contributed by atoms with Gasteiger partial charge in [0.1, 0.15) is 0 Å². The van der Waals surface area contributed by atoms with Gasteiger partial charge in [0.25, 0.3) is 0 Å². The number of aryl methyl sites for hydroxylation is 2. The molecule has 0 aliphatic heterocycles. The molecule has 0 unspecified atom stereocenters. The van der Waals surface area contributed by atoms with E-state index in [1.165, 1.54) is 0 Å². The molecular weight excluding hydrogens is 406 g/mol. The summed E-state index contributed by atoms with van der Waals surface area (Å²) in [6, 6.07) is 18.1. The van der Waals surface area contributed by atoms with Crippen LogP contribution < -0.4 is 0 Å². The molecule has 0 aliphatic carbocycles. The molecule has 0 saturated heterocycles. The topological polar surface area (TPSA) is 74.3 Å². The lowest BCUT2D eigenvalue weighted by Crippen LogP contribution is -2.00. The first kappa shape index (κ1) is 19.4. The quantitative estimate of drug-likeness (QED) is 0.384. The zero-order valence-electron chi connectivity index (χ0n) is 17.5. The molecule has 8 heteroatoms. The monoisotopic (exact) mass is 427 g/mol. The molecule has 31 heavy (non-hydrogen) atoms. The third-order valence-electron chi connectivity index (χ3n) is 5.09. The number of thioether (sulfide) groups is 1. The van der Waals surface area contributed by atoms with Crippen molar-refractivity contribution in [2.75, 3.05) is 0 Å². The Hall–Kier alpha value is -3.52. The van der Waals surface area contributed by atoms with Crippen LogP contribution in [0.1, 0.15) is 17.1 Å². The van der Waals surface area contributed by atoms with Gasteiger partial charge in [-0.2, -0.15) is 5.10 Å². The van der Waals surface area contributed by atoms with Crippen molar-refractivity contribution in [1.29, 1.82) is 0 Å². The van der Waals surface area contributed by atoms with Gasteiger partial charge in [-0.25, -0.2) is 9.67 Å². The normalized spacial score (nSPS) is 11.3. The van der Waals surface area contributed by atoms with Crippen molar-refractivity contribution >= 4 is 22.8 Å². The largest absolute Gasteiger partial charge is 0.305 e. The Labute approximate surface area is 184 Å². The smallest absolute Gasteiger partial charge is 0.191 e. The van der Waals surface area contributed by atoms with Gasteiger partial charge >= 0.3 is 0 Å². The van der Waals surface area contributed by atoms with E-state index < -0.39 is 0 Å². The van der Waals surface area contributed by atoms with Gasteiger partial charge in [0.2, 0.25) is 0 Å². The van der Waals surface area contributed by atoms with Crippen LogP contribution in [0.2, 0.25) is 0 Å². The van der Waals surface area contributed by atoms with E-state index in [0.717, 1.165) is 56.1 Å². The average Bonchev–Trinajstić information content (AvgIpc) is 3.32. The minimum absolute atomic E-state index is 0.739. The molecule has 4 heterocycles. The lowest BCUT2D eigenvalue weighted by molar-refractivity contribution is 0.793. The van der Waals surface area contributed by atoms with Crippen LogP contribution in [0.3, 0.4) is 0 Å². The molecule has 0 radical (unpaired) electrons. The van der Waals surface area contributed by atoms with Crippen molar-refractivity contribution in [3.05, 3.63) is 77.9 Å². The van der Waals surface area contributed by atoms with Crippen LogP contribution >= 0.6 is 11.8 Å². The van der Waals surface area contributed by atoms with Gasteiger partial charge in [-0.05, 0) is 44.2 Å². The predicted molar refractivity (Wildman–Crippen MR) is 122 cm³/mol. The first-order valence-corrected chi connectivity index (χ1v) is 11.0. The second kappa shape index (κ2) is 7.96. The molecule has 0 N–H and O–H groups in total. The number of pyridine rings is 2. The van der Waals surface area contributed by atoms with Crippen molar-refractivity contribution in [1.82, 2.24) is 34.5 Å². The van der Waals surface area contributed by atoms with Crippen LogP contribution in [-0.4, -0.2) is 34.5 Å². The van der Waals surface area contributed by atoms with Crippen LogP contribution in [0.5, 0.6) is 0 Å². The Balaban J connectivity index is 1.58. The highest BCUT2D eigenvalue weighted by Crippen LogP contribution is 2.32. The van der Waals surface area contributed by atoms with Crippen LogP contribution in [0, 0.1) is 13.8 Å². The Morgan fingerprint density at radius 2 is 1.77 bits per heavy atom. The maximum atomic E-state index is 4.80. The van der Waals surface area contributed by atoms with E-state index in [1.807, 2.05) is 84.9 Å². The summed E-state index contributed by atoms with van der Waals surface area (Å²) in [4.78, 5) is 9.19. The molecule has 0 spiro atoms. The van der Waals surface area contributed by atoms with Crippen LogP contribution in [0.4, 0.5) is 0 Å². The third-order valence-corrected chi connectivity index (χ3v) is 6.15. The molecule has 0 saturated carbocycles. The number of aromatic nitrogens is 7. The molecule has 0 aliphatic rings. The molecule has 154 valence electrons. The lowest BCUT2D eigenvalue weighted by atomic mass is 10.1. The molecule has 0 bridgehead atoms. The van der Waals surface area contributed by atoms with Gasteiger partial charge in [-0.1, -0.05) is 36.0 Å². The molecule has 0 fully saturated rings. The van der Waals surface area contributed by atoms with Gasteiger partial charge in [-0.15, -0.1) is 10.2 Å². The number of hydrogen-bond donors (Lipinski definition) is 0. The third kappa shape index (κ3) is 3.59. The fourth-order valence-corrected chi connectivity index (χ4v) is 4.46. The van der Waals surface area contributed by atoms with Crippen LogP contribution in [0.15, 0.2) is 66.0 Å². The molecular formula is C23H21N7S. The Bertz CT molecular complexity index is 1360. The van der Waals surface area contributed by atoms with E-state index in [0.29, 0.717) is 0 Å². The summed E-state index contributed by atoms with van der Waals surface area (Å²) in [6.45, 7) is 4.00. The first-order valence-electron chi connectivity index (χ1n) is 9.96. The van der Waals surface area contributed by atoms with Crippen LogP contribution in [-0.2, 0) is 12.8 Å². The molecule has 1 aromatic carbocycles. The fraction of sp³-hybridized carbons (Fsp3) is 0.174. The van der Waals surface area contributed by atoms with E-state index in [1.54, 1.807) is 11.8 Å². The van der Waals surface area contributed by atoms with E-state index in [2.05, 4.69) is 21.2 Å². The highest BCUT2D eigenvalue weighted by molar-refractivity contribution is 7.98. The minimum atomic E-state index is 0.739. The summed E-state index contributed by atoms with van der Waals surface area (Å²) in [5, 5.41) is 15.6. The van der Waals surface area contributed by atoms with E-state index in [4.69, 9.17) is 10.1 Å². The fourth-order valence-electron chi connectivity index (χ4n) is 3.64. The van der Waals surface area contributed by atoms with Gasteiger partial charge in [0, 0.05) is 30.3 Å². The van der Waals surface area contributed by atoms with Crippen molar-refractivity contribution in [2.45, 2.75) is 24.8 Å². The second-order valence-electron chi connectivity index (χ2n) is 7.32. The van der Waals surface area contributed by atoms with Gasteiger partial charge in [0.05, 0.1) is 22.5 Å². The van der Waals surface area contributed by atoms with Crippen molar-refractivity contribution in [2.24, 2.45) is 7.05 Å². The van der Waals surface area contributed by atoms with Crippen LogP contribution in [0.25, 0.3) is 28.1 Å². The molecule has 7 nitrogen and oxygen atoms in total. The van der Waals surface area contributed by atoms with E-state index in [-0.39, 0.29) is 0 Å². The standard InChI is InChI=1S/C23H21N7S/c1-15-13-19(20-16(2)28-30(22(20)25-15)18-10-5-4-6-11-18)21-26-27-23(29(21)3)31-14-17-9-7-8-12-24-17/h4-13H,14H2,1-3H3. The zero-order chi connectivity index (χ0) is 21.4. The number of para-hydroxylation sites is 1. The summed E-state index contributed by atoms with van der Waals surface area (Å²) in [5.74, 6) is 1.54. The molecule has 5 rings (SSSR count). The van der Waals surface area contributed by atoms with Crippen molar-refractivity contribution in [3.63, 3.8) is 0 Å². The number of rotatable bonds is 5. The zero-order valence-corrected chi connectivity index (χ0v) is 18.3. The molecule has 0 amide bonds. The molecule has 5 aromatic rings. The lowest BCUT2D eigenvalue weighted by Gasteiger charge is -2.08. The summed E-state index contributed by atoms with van der Waals surface area (Å²) in [7, 11) is 1.99. The number of benzene rings is 1. The summed E-state index contributed by atoms with van der Waals surface area (Å²) in [6.07, 6.45) is 1.81.